The summed E-state index contributed by atoms with van der Waals surface area (Å²) >= 11 is 3.75. The molecule has 0 bridgehead atoms. The summed E-state index contributed by atoms with van der Waals surface area (Å²) in [6.07, 6.45) is 7.23. The van der Waals surface area contributed by atoms with Crippen molar-refractivity contribution in [2.45, 2.75) is 43.4 Å². The van der Waals surface area contributed by atoms with Gasteiger partial charge >= 0.3 is 0 Å². The van der Waals surface area contributed by atoms with Crippen molar-refractivity contribution >= 4 is 23.1 Å². The average molecular weight is 227 g/mol. The van der Waals surface area contributed by atoms with Crippen LogP contribution in [-0.4, -0.2) is 10.7 Å². The molecular weight excluding hydrogens is 210 g/mol. The van der Waals surface area contributed by atoms with E-state index in [-0.39, 0.29) is 0 Å². The van der Waals surface area contributed by atoms with Crippen LogP contribution in [0.15, 0.2) is 9.72 Å². The van der Waals surface area contributed by atoms with Crippen molar-refractivity contribution in [3.8, 4) is 0 Å². The number of aromatic nitrogens is 1. The fourth-order valence-corrected chi connectivity index (χ4v) is 4.00. The highest BCUT2D eigenvalue weighted by Gasteiger charge is 2.14. The quantitative estimate of drug-likeness (QED) is 0.720. The zero-order valence-electron chi connectivity index (χ0n) is 8.66. The van der Waals surface area contributed by atoms with E-state index in [1.54, 1.807) is 11.3 Å². The van der Waals surface area contributed by atoms with Crippen molar-refractivity contribution in [2.24, 2.45) is 5.92 Å². The van der Waals surface area contributed by atoms with E-state index >= 15 is 0 Å². The lowest BCUT2D eigenvalue weighted by Crippen LogP contribution is -2.08. The van der Waals surface area contributed by atoms with Crippen LogP contribution < -0.4 is 0 Å². The molecule has 1 aliphatic rings. The number of aryl methyl sites for hydroxylation is 1. The Bertz CT molecular complexity index is 277. The maximum absolute atomic E-state index is 4.48. The molecule has 1 nitrogen and oxygen atoms in total. The largest absolute Gasteiger partial charge is 0.235 e. The molecule has 1 saturated carbocycles. The first-order chi connectivity index (χ1) is 6.84. The minimum Gasteiger partial charge on any atom is -0.235 e. The van der Waals surface area contributed by atoms with Gasteiger partial charge in [0.15, 0.2) is 0 Å². The molecule has 1 aromatic heterocycles. The Hall–Kier alpha value is -0.0200. The fraction of sp³-hybridized carbons (Fsp3) is 0.727. The van der Waals surface area contributed by atoms with Crippen molar-refractivity contribution in [1.82, 2.24) is 4.98 Å². The van der Waals surface area contributed by atoms with Crippen molar-refractivity contribution < 1.29 is 0 Å². The molecule has 0 spiro atoms. The Morgan fingerprint density at radius 3 is 2.86 bits per heavy atom. The van der Waals surface area contributed by atoms with Crippen molar-refractivity contribution in [1.29, 1.82) is 0 Å². The number of nitrogens with zero attached hydrogens (tertiary/aromatic N) is 1. The van der Waals surface area contributed by atoms with E-state index in [9.17, 15) is 0 Å². The summed E-state index contributed by atoms with van der Waals surface area (Å²) in [4.78, 5) is 4.48. The number of hydrogen-bond acceptors (Lipinski definition) is 3. The molecule has 3 heteroatoms. The van der Waals surface area contributed by atoms with Crippen molar-refractivity contribution in [3.63, 3.8) is 0 Å². The predicted molar refractivity (Wildman–Crippen MR) is 64.2 cm³/mol. The monoisotopic (exact) mass is 227 g/mol. The Morgan fingerprint density at radius 1 is 1.43 bits per heavy atom. The van der Waals surface area contributed by atoms with Gasteiger partial charge in [-0.1, -0.05) is 31.0 Å². The summed E-state index contributed by atoms with van der Waals surface area (Å²) < 4.78 is 1.26. The van der Waals surface area contributed by atoms with Crippen LogP contribution in [0.2, 0.25) is 0 Å². The third-order valence-corrected chi connectivity index (χ3v) is 5.14. The first-order valence-corrected chi connectivity index (χ1v) is 7.26. The lowest BCUT2D eigenvalue weighted by atomic mass is 9.91. The summed E-state index contributed by atoms with van der Waals surface area (Å²) in [5.74, 6) is 2.24. The van der Waals surface area contributed by atoms with Crippen LogP contribution in [0.5, 0.6) is 0 Å². The second kappa shape index (κ2) is 5.17. The number of rotatable bonds is 3. The molecule has 0 saturated heterocycles. The Labute approximate surface area is 94.3 Å². The minimum atomic E-state index is 0.956. The summed E-state index contributed by atoms with van der Waals surface area (Å²) in [5.41, 5.74) is 1.17. The highest BCUT2D eigenvalue weighted by molar-refractivity contribution is 8.01. The summed E-state index contributed by atoms with van der Waals surface area (Å²) in [6.45, 7) is 2.07. The average Bonchev–Trinajstić information content (AvgIpc) is 2.63. The van der Waals surface area contributed by atoms with E-state index < -0.39 is 0 Å². The standard InChI is InChI=1S/C11H17NS2/c1-9-7-13-11(12-9)14-8-10-5-3-2-4-6-10/h7,10H,2-6,8H2,1H3. The van der Waals surface area contributed by atoms with Gasteiger partial charge in [0, 0.05) is 16.8 Å². The molecule has 78 valence electrons. The minimum absolute atomic E-state index is 0.956. The summed E-state index contributed by atoms with van der Waals surface area (Å²) in [5, 5.41) is 2.14. The molecule has 2 rings (SSSR count). The van der Waals surface area contributed by atoms with Gasteiger partial charge in [-0.2, -0.15) is 0 Å². The van der Waals surface area contributed by atoms with Gasteiger partial charge in [0.1, 0.15) is 4.34 Å². The van der Waals surface area contributed by atoms with E-state index in [1.807, 2.05) is 11.8 Å². The SMILES string of the molecule is Cc1csc(SCC2CCCCC2)n1. The molecule has 0 aliphatic heterocycles. The third kappa shape index (κ3) is 2.99. The first-order valence-electron chi connectivity index (χ1n) is 5.39. The Balaban J connectivity index is 1.76. The van der Waals surface area contributed by atoms with Crippen molar-refractivity contribution in [3.05, 3.63) is 11.1 Å². The number of hydrogen-bond donors (Lipinski definition) is 0. The first kappa shape index (κ1) is 10.5. The van der Waals surface area contributed by atoms with Crippen LogP contribution >= 0.6 is 23.1 Å². The zero-order valence-corrected chi connectivity index (χ0v) is 10.3. The molecule has 1 aromatic rings. The van der Waals surface area contributed by atoms with Gasteiger partial charge in [0.25, 0.3) is 0 Å². The van der Waals surface area contributed by atoms with E-state index in [0.29, 0.717) is 0 Å². The van der Waals surface area contributed by atoms with Crippen LogP contribution in [-0.2, 0) is 0 Å². The van der Waals surface area contributed by atoms with Gasteiger partial charge in [-0.3, -0.25) is 0 Å². The van der Waals surface area contributed by atoms with Crippen LogP contribution in [0, 0.1) is 12.8 Å². The molecule has 0 unspecified atom stereocenters. The van der Waals surface area contributed by atoms with E-state index in [4.69, 9.17) is 0 Å². The van der Waals surface area contributed by atoms with Crippen LogP contribution in [0.25, 0.3) is 0 Å². The molecule has 1 heterocycles. The topological polar surface area (TPSA) is 12.9 Å². The molecule has 0 radical (unpaired) electrons. The maximum Gasteiger partial charge on any atom is 0.150 e. The van der Waals surface area contributed by atoms with Gasteiger partial charge in [-0.25, -0.2) is 4.98 Å². The highest BCUT2D eigenvalue weighted by Crippen LogP contribution is 2.31. The van der Waals surface area contributed by atoms with Crippen LogP contribution in [0.3, 0.4) is 0 Å². The molecule has 1 fully saturated rings. The van der Waals surface area contributed by atoms with E-state index in [1.165, 1.54) is 47.9 Å². The predicted octanol–water partition coefficient (Wildman–Crippen LogP) is 4.12. The van der Waals surface area contributed by atoms with Gasteiger partial charge in [-0.05, 0) is 25.7 Å². The van der Waals surface area contributed by atoms with Gasteiger partial charge in [0.2, 0.25) is 0 Å². The lowest BCUT2D eigenvalue weighted by molar-refractivity contribution is 0.391. The zero-order chi connectivity index (χ0) is 9.80. The van der Waals surface area contributed by atoms with Crippen LogP contribution in [0.1, 0.15) is 37.8 Å². The molecule has 0 aromatic carbocycles. The molecular formula is C11H17NS2. The van der Waals surface area contributed by atoms with E-state index in [2.05, 4.69) is 17.3 Å². The fourth-order valence-electron chi connectivity index (χ4n) is 1.94. The summed E-state index contributed by atoms with van der Waals surface area (Å²) in [7, 11) is 0. The van der Waals surface area contributed by atoms with Gasteiger partial charge in [0.05, 0.1) is 0 Å². The highest BCUT2D eigenvalue weighted by atomic mass is 32.2. The Kier molecular flexibility index (Phi) is 3.88. The molecule has 0 N–H and O–H groups in total. The molecule has 14 heavy (non-hydrogen) atoms. The number of thioether (sulfide) groups is 1. The summed E-state index contributed by atoms with van der Waals surface area (Å²) in [6, 6.07) is 0. The van der Waals surface area contributed by atoms with Gasteiger partial charge < -0.3 is 0 Å². The van der Waals surface area contributed by atoms with Gasteiger partial charge in [-0.15, -0.1) is 11.3 Å². The molecule has 0 atom stereocenters. The second-order valence-electron chi connectivity index (χ2n) is 4.07. The maximum atomic E-state index is 4.48. The number of thiazole rings is 1. The third-order valence-electron chi connectivity index (χ3n) is 2.77. The molecule has 0 amide bonds. The molecule has 1 aliphatic carbocycles. The second-order valence-corrected chi connectivity index (χ2v) is 6.20. The Morgan fingerprint density at radius 2 is 2.21 bits per heavy atom. The smallest absolute Gasteiger partial charge is 0.150 e. The lowest BCUT2D eigenvalue weighted by Gasteiger charge is -2.20. The van der Waals surface area contributed by atoms with E-state index in [0.717, 1.165) is 5.92 Å². The van der Waals surface area contributed by atoms with Crippen molar-refractivity contribution in [2.75, 3.05) is 5.75 Å². The normalized spacial score (nSPS) is 18.6. The van der Waals surface area contributed by atoms with Crippen LogP contribution in [0.4, 0.5) is 0 Å².